The molecule has 1 aliphatic heterocycles. The third-order valence-electron chi connectivity index (χ3n) is 3.53. The number of carbonyl (C=O) groups excluding carboxylic acids is 2. The zero-order valence-corrected chi connectivity index (χ0v) is 14.2. The van der Waals surface area contributed by atoms with Gasteiger partial charge in [0.1, 0.15) is 6.61 Å². The molecule has 2 amide bonds. The van der Waals surface area contributed by atoms with Crippen LogP contribution in [0.25, 0.3) is 0 Å². The summed E-state index contributed by atoms with van der Waals surface area (Å²) in [6.45, 7) is 2.43. The van der Waals surface area contributed by atoms with Crippen LogP contribution in [0.3, 0.4) is 0 Å². The first kappa shape index (κ1) is 17.7. The second-order valence-corrected chi connectivity index (χ2v) is 5.23. The topological polar surface area (TPSA) is 89.5 Å². The molecule has 0 bridgehead atoms. The molecule has 0 saturated heterocycles. The van der Waals surface area contributed by atoms with Crippen LogP contribution in [0.15, 0.2) is 23.3 Å². The molecule has 0 aromatic heterocycles. The lowest BCUT2D eigenvalue weighted by molar-refractivity contribution is -0.134. The van der Waals surface area contributed by atoms with E-state index in [1.807, 2.05) is 0 Å². The van der Waals surface area contributed by atoms with Gasteiger partial charge in [0.15, 0.2) is 17.4 Å². The third kappa shape index (κ3) is 3.83. The Bertz CT molecular complexity index is 659. The number of methoxy groups -OCH3 is 2. The summed E-state index contributed by atoms with van der Waals surface area (Å²) in [7, 11) is 4.63. The number of hydrogen-bond acceptors (Lipinski definition) is 6. The van der Waals surface area contributed by atoms with E-state index < -0.39 is 11.8 Å². The summed E-state index contributed by atoms with van der Waals surface area (Å²) in [5.41, 5.74) is 0.966. The van der Waals surface area contributed by atoms with E-state index in [1.54, 1.807) is 32.2 Å². The van der Waals surface area contributed by atoms with Crippen LogP contribution >= 0.6 is 0 Å². The van der Waals surface area contributed by atoms with Crippen molar-refractivity contribution in [2.24, 2.45) is 11.0 Å². The lowest BCUT2D eigenvalue weighted by Crippen LogP contribution is -2.34. The molecule has 0 aliphatic carbocycles. The van der Waals surface area contributed by atoms with Gasteiger partial charge in [0.05, 0.1) is 19.4 Å². The molecule has 1 atom stereocenters. The molecule has 1 heterocycles. The molecule has 130 valence electrons. The molecule has 1 aromatic rings. The summed E-state index contributed by atoms with van der Waals surface area (Å²) >= 11 is 0. The zero-order valence-electron chi connectivity index (χ0n) is 14.2. The largest absolute Gasteiger partial charge is 0.493 e. The molecule has 0 saturated carbocycles. The van der Waals surface area contributed by atoms with Gasteiger partial charge in [-0.2, -0.15) is 5.10 Å². The Morgan fingerprint density at radius 1 is 1.29 bits per heavy atom. The van der Waals surface area contributed by atoms with Gasteiger partial charge in [-0.1, -0.05) is 0 Å². The number of benzene rings is 1. The molecular formula is C16H21N3O5. The fourth-order valence-electron chi connectivity index (χ4n) is 2.33. The zero-order chi connectivity index (χ0) is 17.7. The van der Waals surface area contributed by atoms with Crippen molar-refractivity contribution < 1.29 is 23.8 Å². The highest BCUT2D eigenvalue weighted by atomic mass is 16.5. The van der Waals surface area contributed by atoms with Gasteiger partial charge in [-0.15, -0.1) is 0 Å². The van der Waals surface area contributed by atoms with Crippen molar-refractivity contribution in [3.8, 4) is 11.5 Å². The van der Waals surface area contributed by atoms with E-state index in [-0.39, 0.29) is 5.91 Å². The third-order valence-corrected chi connectivity index (χ3v) is 3.53. The molecule has 2 rings (SSSR count). The fourth-order valence-corrected chi connectivity index (χ4v) is 2.33. The van der Waals surface area contributed by atoms with Crippen LogP contribution in [0.5, 0.6) is 11.5 Å². The minimum absolute atomic E-state index is 0.349. The van der Waals surface area contributed by atoms with E-state index in [1.165, 1.54) is 19.2 Å². The minimum atomic E-state index is -0.907. The molecule has 1 aliphatic rings. The number of nitrogens with one attached hydrogen (secondary N) is 1. The van der Waals surface area contributed by atoms with Crippen molar-refractivity contribution >= 4 is 23.2 Å². The highest BCUT2D eigenvalue weighted by molar-refractivity contribution is 6.24. The molecule has 0 spiro atoms. The monoisotopic (exact) mass is 335 g/mol. The Balaban J connectivity index is 2.12. The maximum atomic E-state index is 12.4. The van der Waals surface area contributed by atoms with Gasteiger partial charge in [-0.05, 0) is 19.1 Å². The molecule has 1 aromatic carbocycles. The van der Waals surface area contributed by atoms with Crippen molar-refractivity contribution in [1.29, 1.82) is 0 Å². The number of anilines is 1. The van der Waals surface area contributed by atoms with E-state index >= 15 is 0 Å². The summed E-state index contributed by atoms with van der Waals surface area (Å²) in [5.74, 6) is -0.672. The predicted octanol–water partition coefficient (Wildman–Crippen LogP) is 1.12. The SMILES string of the molecule is COCCOc1cc(NC(=O)[C@@H]2C(=O)N(C)N=C2C)ccc1OC. The average Bonchev–Trinajstić information content (AvgIpc) is 2.80. The number of hydrazone groups is 1. The number of hydrogen-bond donors (Lipinski definition) is 1. The van der Waals surface area contributed by atoms with E-state index in [9.17, 15) is 9.59 Å². The maximum Gasteiger partial charge on any atom is 0.260 e. The smallest absolute Gasteiger partial charge is 0.260 e. The Morgan fingerprint density at radius 2 is 2.04 bits per heavy atom. The Labute approximate surface area is 140 Å². The van der Waals surface area contributed by atoms with Crippen LogP contribution in [-0.2, 0) is 14.3 Å². The molecule has 8 nitrogen and oxygen atoms in total. The maximum absolute atomic E-state index is 12.4. The average molecular weight is 335 g/mol. The second-order valence-electron chi connectivity index (χ2n) is 5.23. The normalized spacial score (nSPS) is 16.8. The van der Waals surface area contributed by atoms with E-state index in [2.05, 4.69) is 10.4 Å². The summed E-state index contributed by atoms with van der Waals surface area (Å²) in [6, 6.07) is 5.00. The number of carbonyl (C=O) groups is 2. The van der Waals surface area contributed by atoms with Crippen molar-refractivity contribution in [2.75, 3.05) is 39.8 Å². The van der Waals surface area contributed by atoms with Gasteiger partial charge >= 0.3 is 0 Å². The number of amides is 2. The van der Waals surface area contributed by atoms with Crippen LogP contribution in [0, 0.1) is 5.92 Å². The Kier molecular flexibility index (Phi) is 5.75. The van der Waals surface area contributed by atoms with Crippen LogP contribution in [-0.4, -0.2) is 57.0 Å². The number of nitrogens with zero attached hydrogens (tertiary/aromatic N) is 2. The van der Waals surface area contributed by atoms with Crippen LogP contribution in [0.1, 0.15) is 6.92 Å². The van der Waals surface area contributed by atoms with E-state index in [0.717, 1.165) is 0 Å². The Morgan fingerprint density at radius 3 is 2.62 bits per heavy atom. The van der Waals surface area contributed by atoms with Gasteiger partial charge in [0, 0.05) is 25.9 Å². The van der Waals surface area contributed by atoms with Gasteiger partial charge in [0.25, 0.3) is 5.91 Å². The Hall–Kier alpha value is -2.61. The van der Waals surface area contributed by atoms with Crippen LogP contribution in [0.4, 0.5) is 5.69 Å². The van der Waals surface area contributed by atoms with Crippen molar-refractivity contribution in [2.45, 2.75) is 6.92 Å². The second kappa shape index (κ2) is 7.78. The van der Waals surface area contributed by atoms with Crippen LogP contribution < -0.4 is 14.8 Å². The standard InChI is InChI=1S/C16H21N3O5/c1-10-14(16(21)19(2)18-10)15(20)17-11-5-6-12(23-4)13(9-11)24-8-7-22-3/h5-6,9,14H,7-8H2,1-4H3,(H,17,20)/t14-/m1/s1. The summed E-state index contributed by atoms with van der Waals surface area (Å²) in [4.78, 5) is 24.4. The highest BCUT2D eigenvalue weighted by Crippen LogP contribution is 2.30. The van der Waals surface area contributed by atoms with E-state index in [4.69, 9.17) is 14.2 Å². The summed E-state index contributed by atoms with van der Waals surface area (Å²) in [6.07, 6.45) is 0. The minimum Gasteiger partial charge on any atom is -0.493 e. The predicted molar refractivity (Wildman–Crippen MR) is 88.4 cm³/mol. The van der Waals surface area contributed by atoms with Gasteiger partial charge in [-0.3, -0.25) is 9.59 Å². The highest BCUT2D eigenvalue weighted by Gasteiger charge is 2.37. The van der Waals surface area contributed by atoms with Gasteiger partial charge < -0.3 is 19.5 Å². The molecule has 0 unspecified atom stereocenters. The molecule has 24 heavy (non-hydrogen) atoms. The first-order valence-corrected chi connectivity index (χ1v) is 7.41. The lowest BCUT2D eigenvalue weighted by Gasteiger charge is -2.14. The molecule has 0 radical (unpaired) electrons. The summed E-state index contributed by atoms with van der Waals surface area (Å²) in [5, 5.41) is 7.88. The van der Waals surface area contributed by atoms with Crippen molar-refractivity contribution in [1.82, 2.24) is 5.01 Å². The van der Waals surface area contributed by atoms with Crippen molar-refractivity contribution in [3.05, 3.63) is 18.2 Å². The summed E-state index contributed by atoms with van der Waals surface area (Å²) < 4.78 is 15.7. The molecule has 8 heteroatoms. The number of ether oxygens (including phenoxy) is 3. The molecular weight excluding hydrogens is 314 g/mol. The molecule has 1 N–H and O–H groups in total. The number of rotatable bonds is 7. The van der Waals surface area contributed by atoms with Gasteiger partial charge in [-0.25, -0.2) is 5.01 Å². The first-order chi connectivity index (χ1) is 11.5. The molecule has 0 fully saturated rings. The fraction of sp³-hybridized carbons (Fsp3) is 0.438. The lowest BCUT2D eigenvalue weighted by atomic mass is 10.0. The van der Waals surface area contributed by atoms with E-state index in [0.29, 0.717) is 36.1 Å². The van der Waals surface area contributed by atoms with Crippen molar-refractivity contribution in [3.63, 3.8) is 0 Å². The van der Waals surface area contributed by atoms with Crippen LogP contribution in [0.2, 0.25) is 0 Å². The first-order valence-electron chi connectivity index (χ1n) is 7.41. The quantitative estimate of drug-likeness (QED) is 0.596. The van der Waals surface area contributed by atoms with Gasteiger partial charge in [0.2, 0.25) is 5.91 Å².